The first-order chi connectivity index (χ1) is 7.22. The molecule has 0 rings (SSSR count). The Balaban J connectivity index is 3.42. The van der Waals surface area contributed by atoms with E-state index in [9.17, 15) is 4.79 Å². The number of carbonyl (C=O) groups excluding carboxylic acids is 1. The summed E-state index contributed by atoms with van der Waals surface area (Å²) in [7, 11) is 3.78. The molecule has 0 radical (unpaired) electrons. The summed E-state index contributed by atoms with van der Waals surface area (Å²) in [5.41, 5.74) is 0. The lowest BCUT2D eigenvalue weighted by atomic mass is 10.3. The van der Waals surface area contributed by atoms with Crippen LogP contribution in [0.5, 0.6) is 0 Å². The number of ether oxygens (including phenoxy) is 1. The van der Waals surface area contributed by atoms with Crippen molar-refractivity contribution in [2.24, 2.45) is 0 Å². The third kappa shape index (κ3) is 8.39. The fraction of sp³-hybridized carbons (Fsp3) is 0.909. The Morgan fingerprint density at radius 1 is 1.40 bits per heavy atom. The van der Waals surface area contributed by atoms with E-state index in [4.69, 9.17) is 4.74 Å². The molecule has 0 heterocycles. The van der Waals surface area contributed by atoms with Gasteiger partial charge in [0.25, 0.3) is 0 Å². The molecule has 0 unspecified atom stereocenters. The second-order valence-corrected chi connectivity index (χ2v) is 3.57. The van der Waals surface area contributed by atoms with Crippen LogP contribution in [0.25, 0.3) is 0 Å². The van der Waals surface area contributed by atoms with Gasteiger partial charge in [-0.3, -0.25) is 4.79 Å². The first-order valence-electron chi connectivity index (χ1n) is 5.68. The number of nitrogens with one attached hydrogen (secondary N) is 1. The van der Waals surface area contributed by atoms with Crippen LogP contribution in [0, 0.1) is 0 Å². The summed E-state index contributed by atoms with van der Waals surface area (Å²) < 4.78 is 5.18. The van der Waals surface area contributed by atoms with Crippen LogP contribution in [0.4, 0.5) is 0 Å². The molecule has 0 saturated heterocycles. The molecule has 0 aliphatic carbocycles. The second kappa shape index (κ2) is 9.93. The SMILES string of the molecule is CCOCCCC(=O)N(C)CCCNC. The molecule has 4 heteroatoms. The van der Waals surface area contributed by atoms with Gasteiger partial charge in [-0.15, -0.1) is 0 Å². The maximum atomic E-state index is 11.6. The smallest absolute Gasteiger partial charge is 0.222 e. The Morgan fingerprint density at radius 3 is 2.73 bits per heavy atom. The zero-order valence-corrected chi connectivity index (χ0v) is 10.2. The second-order valence-electron chi connectivity index (χ2n) is 3.57. The van der Waals surface area contributed by atoms with Crippen molar-refractivity contribution in [2.45, 2.75) is 26.2 Å². The summed E-state index contributed by atoms with van der Waals surface area (Å²) in [6, 6.07) is 0. The molecule has 90 valence electrons. The number of hydrogen-bond acceptors (Lipinski definition) is 3. The predicted octanol–water partition coefficient (Wildman–Crippen LogP) is 0.871. The number of carbonyl (C=O) groups is 1. The predicted molar refractivity (Wildman–Crippen MR) is 61.9 cm³/mol. The minimum absolute atomic E-state index is 0.214. The first kappa shape index (κ1) is 14.4. The zero-order chi connectivity index (χ0) is 11.5. The number of nitrogens with zero attached hydrogens (tertiary/aromatic N) is 1. The van der Waals surface area contributed by atoms with Crippen molar-refractivity contribution in [1.82, 2.24) is 10.2 Å². The van der Waals surface area contributed by atoms with Gasteiger partial charge in [0.2, 0.25) is 5.91 Å². The molecule has 0 aromatic heterocycles. The standard InChI is InChI=1S/C11H24N2O2/c1-4-15-10-5-7-11(14)13(3)9-6-8-12-2/h12H,4-10H2,1-3H3. The lowest BCUT2D eigenvalue weighted by Crippen LogP contribution is -2.29. The third-order valence-electron chi connectivity index (χ3n) is 2.23. The van der Waals surface area contributed by atoms with Gasteiger partial charge in [-0.25, -0.2) is 0 Å². The van der Waals surface area contributed by atoms with Gasteiger partial charge in [-0.1, -0.05) is 0 Å². The van der Waals surface area contributed by atoms with Crippen LogP contribution in [-0.2, 0) is 9.53 Å². The Labute approximate surface area is 93.0 Å². The monoisotopic (exact) mass is 216 g/mol. The highest BCUT2D eigenvalue weighted by Gasteiger charge is 2.06. The van der Waals surface area contributed by atoms with Gasteiger partial charge in [0.05, 0.1) is 0 Å². The third-order valence-corrected chi connectivity index (χ3v) is 2.23. The van der Waals surface area contributed by atoms with E-state index >= 15 is 0 Å². The molecule has 4 nitrogen and oxygen atoms in total. The van der Waals surface area contributed by atoms with Gasteiger partial charge >= 0.3 is 0 Å². The van der Waals surface area contributed by atoms with E-state index in [0.717, 1.165) is 32.5 Å². The zero-order valence-electron chi connectivity index (χ0n) is 10.2. The largest absolute Gasteiger partial charge is 0.382 e. The Hall–Kier alpha value is -0.610. The number of rotatable bonds is 9. The van der Waals surface area contributed by atoms with E-state index in [-0.39, 0.29) is 5.91 Å². The van der Waals surface area contributed by atoms with E-state index in [1.807, 2.05) is 21.0 Å². The van der Waals surface area contributed by atoms with Gasteiger partial charge in [0.15, 0.2) is 0 Å². The highest BCUT2D eigenvalue weighted by molar-refractivity contribution is 5.75. The summed E-state index contributed by atoms with van der Waals surface area (Å²) >= 11 is 0. The molecule has 0 aromatic rings. The lowest BCUT2D eigenvalue weighted by Gasteiger charge is -2.16. The molecular weight excluding hydrogens is 192 g/mol. The molecule has 0 atom stereocenters. The summed E-state index contributed by atoms with van der Waals surface area (Å²) in [4.78, 5) is 13.3. The molecule has 0 bridgehead atoms. The molecular formula is C11H24N2O2. The van der Waals surface area contributed by atoms with Crippen LogP contribution in [0.1, 0.15) is 26.2 Å². The molecule has 0 fully saturated rings. The van der Waals surface area contributed by atoms with Gasteiger partial charge < -0.3 is 15.0 Å². The molecule has 0 aliphatic heterocycles. The van der Waals surface area contributed by atoms with Crippen LogP contribution in [-0.4, -0.2) is 51.2 Å². The van der Waals surface area contributed by atoms with Crippen LogP contribution in [0.2, 0.25) is 0 Å². The minimum atomic E-state index is 0.214. The fourth-order valence-electron chi connectivity index (χ4n) is 1.28. The van der Waals surface area contributed by atoms with Gasteiger partial charge in [0.1, 0.15) is 0 Å². The van der Waals surface area contributed by atoms with Gasteiger partial charge in [-0.2, -0.15) is 0 Å². The van der Waals surface area contributed by atoms with E-state index in [1.165, 1.54) is 0 Å². The van der Waals surface area contributed by atoms with Crippen molar-refractivity contribution < 1.29 is 9.53 Å². The maximum Gasteiger partial charge on any atom is 0.222 e. The van der Waals surface area contributed by atoms with Crippen molar-refractivity contribution in [1.29, 1.82) is 0 Å². The van der Waals surface area contributed by atoms with E-state index in [2.05, 4.69) is 5.32 Å². The average molecular weight is 216 g/mol. The van der Waals surface area contributed by atoms with E-state index < -0.39 is 0 Å². The normalized spacial score (nSPS) is 10.3. The molecule has 15 heavy (non-hydrogen) atoms. The summed E-state index contributed by atoms with van der Waals surface area (Å²) in [5.74, 6) is 0.214. The maximum absolute atomic E-state index is 11.6. The highest BCUT2D eigenvalue weighted by Crippen LogP contribution is 1.97. The topological polar surface area (TPSA) is 41.6 Å². The van der Waals surface area contributed by atoms with Crippen LogP contribution in [0.3, 0.4) is 0 Å². The molecule has 0 aliphatic rings. The Bertz CT molecular complexity index is 163. The quantitative estimate of drug-likeness (QED) is 0.582. The molecule has 1 amide bonds. The summed E-state index contributed by atoms with van der Waals surface area (Å²) in [6.45, 7) is 5.16. The van der Waals surface area contributed by atoms with Crippen LogP contribution < -0.4 is 5.32 Å². The van der Waals surface area contributed by atoms with Crippen LogP contribution in [0.15, 0.2) is 0 Å². The van der Waals surface area contributed by atoms with Crippen molar-refractivity contribution in [2.75, 3.05) is 40.4 Å². The minimum Gasteiger partial charge on any atom is -0.382 e. The molecule has 0 spiro atoms. The Morgan fingerprint density at radius 2 is 2.13 bits per heavy atom. The number of hydrogen-bond donors (Lipinski definition) is 1. The van der Waals surface area contributed by atoms with Gasteiger partial charge in [0, 0.05) is 33.2 Å². The van der Waals surface area contributed by atoms with Crippen LogP contribution >= 0.6 is 0 Å². The highest BCUT2D eigenvalue weighted by atomic mass is 16.5. The summed E-state index contributed by atoms with van der Waals surface area (Å²) in [5, 5.41) is 3.06. The van der Waals surface area contributed by atoms with Crippen molar-refractivity contribution >= 4 is 5.91 Å². The molecule has 0 aromatic carbocycles. The number of amides is 1. The van der Waals surface area contributed by atoms with Crippen molar-refractivity contribution in [3.05, 3.63) is 0 Å². The lowest BCUT2D eigenvalue weighted by molar-refractivity contribution is -0.130. The Kier molecular flexibility index (Phi) is 9.52. The molecule has 1 N–H and O–H groups in total. The van der Waals surface area contributed by atoms with Crippen molar-refractivity contribution in [3.63, 3.8) is 0 Å². The van der Waals surface area contributed by atoms with Gasteiger partial charge in [-0.05, 0) is 33.4 Å². The van der Waals surface area contributed by atoms with Crippen molar-refractivity contribution in [3.8, 4) is 0 Å². The molecule has 0 saturated carbocycles. The summed E-state index contributed by atoms with van der Waals surface area (Å²) in [6.07, 6.45) is 2.42. The van der Waals surface area contributed by atoms with E-state index in [0.29, 0.717) is 13.0 Å². The first-order valence-corrected chi connectivity index (χ1v) is 5.68. The fourth-order valence-corrected chi connectivity index (χ4v) is 1.28. The van der Waals surface area contributed by atoms with E-state index in [1.54, 1.807) is 4.90 Å². The average Bonchev–Trinajstić information content (AvgIpc) is 2.24.